The molecule has 3 nitrogen and oxygen atoms in total. The third-order valence-electron chi connectivity index (χ3n) is 3.48. The minimum Gasteiger partial charge on any atom is -0.462 e. The third-order valence-corrected chi connectivity index (χ3v) is 3.48. The molecule has 15 heavy (non-hydrogen) atoms. The summed E-state index contributed by atoms with van der Waals surface area (Å²) < 4.78 is 10.7. The Balaban J connectivity index is 1.79. The van der Waals surface area contributed by atoms with E-state index in [2.05, 4.69) is 13.5 Å². The Kier molecular flexibility index (Phi) is 2.83. The molecule has 2 rings (SSSR count). The smallest absolute Gasteiger partial charge is 0.333 e. The molecule has 84 valence electrons. The van der Waals surface area contributed by atoms with Crippen LogP contribution in [0.25, 0.3) is 0 Å². The summed E-state index contributed by atoms with van der Waals surface area (Å²) in [5.41, 5.74) is 0.471. The lowest BCUT2D eigenvalue weighted by Crippen LogP contribution is -2.28. The van der Waals surface area contributed by atoms with Gasteiger partial charge in [-0.2, -0.15) is 0 Å². The first-order valence-electron chi connectivity index (χ1n) is 5.57. The van der Waals surface area contributed by atoms with Crippen LogP contribution in [0.5, 0.6) is 0 Å². The molecule has 0 N–H and O–H groups in total. The van der Waals surface area contributed by atoms with Crippen LogP contribution < -0.4 is 0 Å². The number of carbonyl (C=O) groups is 1. The Morgan fingerprint density at radius 3 is 2.93 bits per heavy atom. The van der Waals surface area contributed by atoms with Crippen molar-refractivity contribution >= 4 is 5.97 Å². The van der Waals surface area contributed by atoms with E-state index in [1.807, 2.05) is 0 Å². The van der Waals surface area contributed by atoms with Crippen LogP contribution in [-0.4, -0.2) is 24.8 Å². The summed E-state index contributed by atoms with van der Waals surface area (Å²) >= 11 is 0. The standard InChI is InChI=1S/C12H18O3/c1-7(2)12(13)14-6-9-4-5-10-11(15-10)8(9)3/h8-11H,1,4-6H2,2-3H3. The molecule has 0 aromatic carbocycles. The van der Waals surface area contributed by atoms with Crippen molar-refractivity contribution in [1.82, 2.24) is 0 Å². The van der Waals surface area contributed by atoms with Gasteiger partial charge in [-0.3, -0.25) is 0 Å². The van der Waals surface area contributed by atoms with Gasteiger partial charge in [0.15, 0.2) is 0 Å². The van der Waals surface area contributed by atoms with Gasteiger partial charge in [-0.15, -0.1) is 0 Å². The molecule has 0 amide bonds. The van der Waals surface area contributed by atoms with Crippen molar-refractivity contribution in [3.63, 3.8) is 0 Å². The van der Waals surface area contributed by atoms with Gasteiger partial charge in [-0.1, -0.05) is 13.5 Å². The van der Waals surface area contributed by atoms with Crippen LogP contribution in [0.15, 0.2) is 12.2 Å². The van der Waals surface area contributed by atoms with Gasteiger partial charge in [0.25, 0.3) is 0 Å². The molecule has 4 atom stereocenters. The fourth-order valence-corrected chi connectivity index (χ4v) is 2.30. The van der Waals surface area contributed by atoms with Crippen molar-refractivity contribution in [2.75, 3.05) is 6.61 Å². The number of ether oxygens (including phenoxy) is 2. The van der Waals surface area contributed by atoms with E-state index in [4.69, 9.17) is 9.47 Å². The zero-order valence-electron chi connectivity index (χ0n) is 9.36. The summed E-state index contributed by atoms with van der Waals surface area (Å²) in [6, 6.07) is 0. The van der Waals surface area contributed by atoms with Crippen molar-refractivity contribution < 1.29 is 14.3 Å². The van der Waals surface area contributed by atoms with E-state index >= 15 is 0 Å². The van der Waals surface area contributed by atoms with Gasteiger partial charge in [-0.25, -0.2) is 4.79 Å². The van der Waals surface area contributed by atoms with Crippen LogP contribution in [-0.2, 0) is 14.3 Å². The molecule has 0 aromatic rings. The molecule has 2 fully saturated rings. The van der Waals surface area contributed by atoms with Gasteiger partial charge in [0.1, 0.15) is 0 Å². The van der Waals surface area contributed by atoms with Crippen LogP contribution in [0.1, 0.15) is 26.7 Å². The molecule has 2 aliphatic rings. The molecule has 1 aliphatic heterocycles. The van der Waals surface area contributed by atoms with Crippen molar-refractivity contribution in [3.05, 3.63) is 12.2 Å². The van der Waals surface area contributed by atoms with Gasteiger partial charge in [-0.05, 0) is 31.6 Å². The first kappa shape index (κ1) is 10.7. The molecule has 4 unspecified atom stereocenters. The number of rotatable bonds is 3. The first-order chi connectivity index (χ1) is 7.09. The van der Waals surface area contributed by atoms with E-state index in [1.165, 1.54) is 0 Å². The molecule has 1 aliphatic carbocycles. The number of epoxide rings is 1. The maximum atomic E-state index is 11.2. The fraction of sp³-hybridized carbons (Fsp3) is 0.750. The molecule has 0 aromatic heterocycles. The van der Waals surface area contributed by atoms with Crippen molar-refractivity contribution in [2.45, 2.75) is 38.9 Å². The predicted molar refractivity (Wildman–Crippen MR) is 56.3 cm³/mol. The summed E-state index contributed by atoms with van der Waals surface area (Å²) in [4.78, 5) is 11.2. The number of fused-ring (bicyclic) bond motifs is 1. The number of esters is 1. The van der Waals surface area contributed by atoms with Crippen LogP contribution in [0.4, 0.5) is 0 Å². The lowest BCUT2D eigenvalue weighted by molar-refractivity contribution is -0.141. The quantitative estimate of drug-likeness (QED) is 0.406. The van der Waals surface area contributed by atoms with Crippen molar-refractivity contribution in [1.29, 1.82) is 0 Å². The van der Waals surface area contributed by atoms with E-state index in [0.717, 1.165) is 12.8 Å². The van der Waals surface area contributed by atoms with E-state index in [0.29, 0.717) is 36.2 Å². The lowest BCUT2D eigenvalue weighted by Gasteiger charge is -2.25. The zero-order valence-corrected chi connectivity index (χ0v) is 9.36. The lowest BCUT2D eigenvalue weighted by atomic mass is 9.81. The number of hydrogen-bond acceptors (Lipinski definition) is 3. The summed E-state index contributed by atoms with van der Waals surface area (Å²) in [6.45, 7) is 7.93. The summed E-state index contributed by atoms with van der Waals surface area (Å²) in [7, 11) is 0. The second-order valence-electron chi connectivity index (χ2n) is 4.71. The number of carbonyl (C=O) groups excluding carboxylic acids is 1. The normalized spacial score (nSPS) is 38.0. The molecule has 1 heterocycles. The third kappa shape index (κ3) is 2.23. The molecular formula is C12H18O3. The van der Waals surface area contributed by atoms with Gasteiger partial charge < -0.3 is 9.47 Å². The Hall–Kier alpha value is -0.830. The summed E-state index contributed by atoms with van der Waals surface area (Å²) in [6.07, 6.45) is 3.14. The summed E-state index contributed by atoms with van der Waals surface area (Å²) in [5.74, 6) is 0.694. The maximum Gasteiger partial charge on any atom is 0.333 e. The second kappa shape index (κ2) is 3.97. The first-order valence-corrected chi connectivity index (χ1v) is 5.57. The Labute approximate surface area is 90.4 Å². The molecule has 1 saturated carbocycles. The van der Waals surface area contributed by atoms with Crippen LogP contribution in [0, 0.1) is 11.8 Å². The van der Waals surface area contributed by atoms with Gasteiger partial charge in [0.2, 0.25) is 0 Å². The monoisotopic (exact) mass is 210 g/mol. The zero-order chi connectivity index (χ0) is 11.0. The minimum atomic E-state index is -0.277. The van der Waals surface area contributed by atoms with Gasteiger partial charge >= 0.3 is 5.97 Å². The van der Waals surface area contributed by atoms with Crippen molar-refractivity contribution in [2.24, 2.45) is 11.8 Å². The van der Waals surface area contributed by atoms with Crippen LogP contribution in [0.2, 0.25) is 0 Å². The average molecular weight is 210 g/mol. The molecular weight excluding hydrogens is 192 g/mol. The van der Waals surface area contributed by atoms with Crippen LogP contribution >= 0.6 is 0 Å². The highest BCUT2D eigenvalue weighted by Crippen LogP contribution is 2.43. The SMILES string of the molecule is C=C(C)C(=O)OCC1CCC2OC2C1C. The van der Waals surface area contributed by atoms with Gasteiger partial charge in [0.05, 0.1) is 18.8 Å². The number of hydrogen-bond donors (Lipinski definition) is 0. The Bertz CT molecular complexity index is 285. The second-order valence-corrected chi connectivity index (χ2v) is 4.71. The van der Waals surface area contributed by atoms with E-state index < -0.39 is 0 Å². The maximum absolute atomic E-state index is 11.2. The van der Waals surface area contributed by atoms with Crippen molar-refractivity contribution in [3.8, 4) is 0 Å². The highest BCUT2D eigenvalue weighted by Gasteiger charge is 2.49. The largest absolute Gasteiger partial charge is 0.462 e. The molecule has 0 bridgehead atoms. The van der Waals surface area contributed by atoms with Crippen LogP contribution in [0.3, 0.4) is 0 Å². The molecule has 1 saturated heterocycles. The highest BCUT2D eigenvalue weighted by molar-refractivity contribution is 5.86. The summed E-state index contributed by atoms with van der Waals surface area (Å²) in [5, 5.41) is 0. The van der Waals surface area contributed by atoms with E-state index in [9.17, 15) is 4.79 Å². The highest BCUT2D eigenvalue weighted by atomic mass is 16.6. The topological polar surface area (TPSA) is 38.8 Å². The fourth-order valence-electron chi connectivity index (χ4n) is 2.30. The van der Waals surface area contributed by atoms with E-state index in [1.54, 1.807) is 6.92 Å². The molecule has 3 heteroatoms. The Morgan fingerprint density at radius 1 is 1.53 bits per heavy atom. The average Bonchev–Trinajstić information content (AvgIpc) is 2.96. The van der Waals surface area contributed by atoms with Gasteiger partial charge in [0, 0.05) is 5.57 Å². The predicted octanol–water partition coefficient (Wildman–Crippen LogP) is 1.92. The Morgan fingerprint density at radius 2 is 2.27 bits per heavy atom. The minimum absolute atomic E-state index is 0.277. The van der Waals surface area contributed by atoms with E-state index in [-0.39, 0.29) is 5.97 Å². The molecule has 0 spiro atoms. The molecule has 0 radical (unpaired) electrons.